The molecule has 2 N–H and O–H groups in total. The van der Waals surface area contributed by atoms with Gasteiger partial charge in [-0.3, -0.25) is 5.04 Å². The number of benzene rings is 1. The lowest BCUT2D eigenvalue weighted by molar-refractivity contribution is -0.777. The highest BCUT2D eigenvalue weighted by molar-refractivity contribution is 7.94. The van der Waals surface area contributed by atoms with E-state index in [1.54, 1.807) is 6.92 Å². The van der Waals surface area contributed by atoms with Crippen molar-refractivity contribution >= 4 is 34.7 Å². The zero-order chi connectivity index (χ0) is 15.6. The molecule has 0 saturated heterocycles. The molecular formula is C12H9NO7S-2. The van der Waals surface area contributed by atoms with E-state index in [0.717, 1.165) is 0 Å². The van der Waals surface area contributed by atoms with Crippen LogP contribution in [0.4, 0.5) is 5.69 Å². The number of carboxylic acid groups (broad SMARTS) is 1. The molecule has 0 saturated carbocycles. The molecule has 1 heterocycles. The molecule has 0 fully saturated rings. The maximum absolute atomic E-state index is 11.8. The number of rotatable bonds is 5. The summed E-state index contributed by atoms with van der Waals surface area (Å²) in [6.45, 7) is 1.58. The minimum Gasteiger partial charge on any atom is -0.691 e. The van der Waals surface area contributed by atoms with E-state index in [1.165, 1.54) is 12.1 Å². The Balaban J connectivity index is 2.63. The number of anilines is 1. The Morgan fingerprint density at radius 3 is 2.81 bits per heavy atom. The molecule has 0 bridgehead atoms. The van der Waals surface area contributed by atoms with Crippen LogP contribution in [0.25, 0.3) is 11.0 Å². The largest absolute Gasteiger partial charge is 0.691 e. The van der Waals surface area contributed by atoms with Crippen LogP contribution in [0.2, 0.25) is 0 Å². The van der Waals surface area contributed by atoms with Crippen molar-refractivity contribution in [2.45, 2.75) is 18.2 Å². The van der Waals surface area contributed by atoms with Crippen LogP contribution in [-0.4, -0.2) is 5.97 Å². The van der Waals surface area contributed by atoms with Crippen molar-refractivity contribution in [3.63, 3.8) is 0 Å². The number of aliphatic carboxylic acids is 1. The van der Waals surface area contributed by atoms with Gasteiger partial charge in [-0.2, -0.15) is 4.33 Å². The quantitative estimate of drug-likeness (QED) is 0.247. The van der Waals surface area contributed by atoms with Crippen LogP contribution < -0.4 is 21.7 Å². The number of nitrogens with two attached hydrogens (primary N) is 1. The van der Waals surface area contributed by atoms with Gasteiger partial charge in [0.15, 0.2) is 0 Å². The van der Waals surface area contributed by atoms with Crippen molar-refractivity contribution in [1.29, 1.82) is 0 Å². The Kier molecular flexibility index (Phi) is 4.48. The fourth-order valence-electron chi connectivity index (χ4n) is 1.90. The topological polar surface area (TPSA) is 138 Å². The number of carbonyl (C=O) groups is 1. The molecule has 21 heavy (non-hydrogen) atoms. The zero-order valence-electron chi connectivity index (χ0n) is 10.7. The maximum atomic E-state index is 11.8. The summed E-state index contributed by atoms with van der Waals surface area (Å²) in [6, 6.07) is 2.88. The Morgan fingerprint density at radius 2 is 2.19 bits per heavy atom. The minimum atomic E-state index is -1.39. The fraction of sp³-hybridized carbons (Fsp3) is 0.167. The van der Waals surface area contributed by atoms with Gasteiger partial charge in [0.05, 0.1) is 22.6 Å². The van der Waals surface area contributed by atoms with Gasteiger partial charge in [-0.05, 0) is 18.6 Å². The van der Waals surface area contributed by atoms with Gasteiger partial charge in [0.2, 0.25) is 0 Å². The van der Waals surface area contributed by atoms with E-state index in [0.29, 0.717) is 27.9 Å². The number of fused-ring (bicyclic) bond motifs is 1. The second-order valence-electron chi connectivity index (χ2n) is 4.15. The van der Waals surface area contributed by atoms with Crippen LogP contribution in [-0.2, 0) is 20.6 Å². The SMILES string of the molecule is Cc1c(CC(=O)[O-])c(=O)oc2cc(N)c(SOO[O-])cc12. The van der Waals surface area contributed by atoms with E-state index in [4.69, 9.17) is 10.2 Å². The molecule has 0 amide bonds. The highest BCUT2D eigenvalue weighted by Crippen LogP contribution is 2.32. The Morgan fingerprint density at radius 1 is 1.48 bits per heavy atom. The molecule has 2 aromatic rings. The molecule has 1 aromatic heterocycles. The molecule has 8 nitrogen and oxygen atoms in total. The molecule has 112 valence electrons. The van der Waals surface area contributed by atoms with Crippen molar-refractivity contribution in [3.8, 4) is 0 Å². The monoisotopic (exact) mass is 311 g/mol. The summed E-state index contributed by atoms with van der Waals surface area (Å²) in [7, 11) is 0. The molecule has 0 unspecified atom stereocenters. The number of hydrogen-bond acceptors (Lipinski definition) is 9. The number of carboxylic acids is 1. The highest BCUT2D eigenvalue weighted by Gasteiger charge is 2.14. The van der Waals surface area contributed by atoms with E-state index in [1.807, 2.05) is 0 Å². The maximum Gasteiger partial charge on any atom is 0.340 e. The summed E-state index contributed by atoms with van der Waals surface area (Å²) in [5.41, 5.74) is 5.78. The summed E-state index contributed by atoms with van der Waals surface area (Å²) in [4.78, 5) is 22.8. The molecule has 0 aliphatic carbocycles. The van der Waals surface area contributed by atoms with Gasteiger partial charge in [-0.1, -0.05) is 0 Å². The first-order chi connectivity index (χ1) is 9.93. The Bertz CT molecular complexity index is 755. The first kappa shape index (κ1) is 15.3. The summed E-state index contributed by atoms with van der Waals surface area (Å²) >= 11 is 0.586. The molecule has 0 spiro atoms. The number of aryl methyl sites for hydroxylation is 1. The van der Waals surface area contributed by atoms with E-state index in [2.05, 4.69) is 9.37 Å². The van der Waals surface area contributed by atoms with Crippen LogP contribution in [0, 0.1) is 6.92 Å². The van der Waals surface area contributed by atoms with E-state index in [9.17, 15) is 20.0 Å². The second kappa shape index (κ2) is 6.14. The van der Waals surface area contributed by atoms with Gasteiger partial charge in [0.1, 0.15) is 5.58 Å². The van der Waals surface area contributed by atoms with Crippen LogP contribution in [0.1, 0.15) is 11.1 Å². The molecule has 2 rings (SSSR count). The van der Waals surface area contributed by atoms with Crippen molar-refractivity contribution in [1.82, 2.24) is 0 Å². The third-order valence-electron chi connectivity index (χ3n) is 2.89. The van der Waals surface area contributed by atoms with Gasteiger partial charge in [0.25, 0.3) is 0 Å². The fourth-order valence-corrected chi connectivity index (χ4v) is 2.32. The van der Waals surface area contributed by atoms with E-state index in [-0.39, 0.29) is 16.8 Å². The molecule has 0 aliphatic rings. The standard InChI is InChI=1S/C12H11NO7S/c1-5-6-2-10(21-20-19-17)8(13)4-9(6)18-12(16)7(5)3-11(14)15/h2,4,17H,3,13H2,1H3,(H,14,15)/p-2. The normalized spacial score (nSPS) is 11.0. The number of carbonyl (C=O) groups excluding carboxylic acids is 1. The lowest BCUT2D eigenvalue weighted by atomic mass is 10.0. The smallest absolute Gasteiger partial charge is 0.340 e. The first-order valence-electron chi connectivity index (χ1n) is 5.63. The van der Waals surface area contributed by atoms with Crippen molar-refractivity contribution in [3.05, 3.63) is 33.7 Å². The lowest BCUT2D eigenvalue weighted by Crippen LogP contribution is -2.27. The average Bonchev–Trinajstić information content (AvgIpc) is 2.41. The number of hydrogen-bond donors (Lipinski definition) is 1. The molecular weight excluding hydrogens is 302 g/mol. The Hall–Kier alpha value is -2.07. The molecule has 0 aliphatic heterocycles. The van der Waals surface area contributed by atoms with Gasteiger partial charge in [-0.25, -0.2) is 4.79 Å². The third kappa shape index (κ3) is 3.16. The van der Waals surface area contributed by atoms with Crippen molar-refractivity contribution in [2.24, 2.45) is 0 Å². The van der Waals surface area contributed by atoms with Gasteiger partial charge >= 0.3 is 5.63 Å². The van der Waals surface area contributed by atoms with Crippen molar-refractivity contribution < 1.29 is 28.9 Å². The van der Waals surface area contributed by atoms with Crippen molar-refractivity contribution in [2.75, 3.05) is 5.73 Å². The summed E-state index contributed by atoms with van der Waals surface area (Å²) in [6.07, 6.45) is -0.558. The minimum absolute atomic E-state index is 0.00999. The van der Waals surface area contributed by atoms with Gasteiger partial charge in [0, 0.05) is 29.4 Å². The first-order valence-corrected chi connectivity index (χ1v) is 6.37. The van der Waals surface area contributed by atoms with Gasteiger partial charge < -0.3 is 25.3 Å². The van der Waals surface area contributed by atoms with Crippen LogP contribution in [0.3, 0.4) is 0 Å². The van der Waals surface area contributed by atoms with E-state index < -0.39 is 18.0 Å². The summed E-state index contributed by atoms with van der Waals surface area (Å²) < 4.78 is 9.24. The average molecular weight is 311 g/mol. The summed E-state index contributed by atoms with van der Waals surface area (Å²) in [5.74, 6) is -1.39. The molecule has 0 radical (unpaired) electrons. The van der Waals surface area contributed by atoms with E-state index >= 15 is 0 Å². The number of nitrogen functional groups attached to an aromatic ring is 1. The van der Waals surface area contributed by atoms with Crippen LogP contribution >= 0.6 is 12.0 Å². The molecule has 0 atom stereocenters. The van der Waals surface area contributed by atoms with Crippen LogP contribution in [0.5, 0.6) is 0 Å². The second-order valence-corrected chi connectivity index (χ2v) is 4.89. The van der Waals surface area contributed by atoms with Crippen LogP contribution in [0.15, 0.2) is 26.2 Å². The highest BCUT2D eigenvalue weighted by atomic mass is 32.2. The zero-order valence-corrected chi connectivity index (χ0v) is 11.5. The summed E-state index contributed by atoms with van der Waals surface area (Å²) in [5, 5.41) is 24.2. The molecule has 1 aromatic carbocycles. The predicted molar refractivity (Wildman–Crippen MR) is 68.4 cm³/mol. The molecule has 9 heteroatoms. The lowest BCUT2D eigenvalue weighted by Gasteiger charge is -2.11. The van der Waals surface area contributed by atoms with Gasteiger partial charge in [-0.15, -0.1) is 0 Å². The predicted octanol–water partition coefficient (Wildman–Crippen LogP) is -0.793. The Labute approximate surface area is 122 Å². The third-order valence-corrected chi connectivity index (χ3v) is 3.55.